The van der Waals surface area contributed by atoms with Crippen LogP contribution in [0.15, 0.2) is 70.0 Å². The first-order valence-electron chi connectivity index (χ1n) is 8.82. The zero-order valence-corrected chi connectivity index (χ0v) is 16.4. The van der Waals surface area contributed by atoms with Crippen LogP contribution < -0.4 is 5.32 Å². The summed E-state index contributed by atoms with van der Waals surface area (Å²) in [6.07, 6.45) is 2.46. The molecule has 4 rings (SSSR count). The molecule has 0 radical (unpaired) electrons. The van der Waals surface area contributed by atoms with Crippen LogP contribution in [0.2, 0.25) is 0 Å². The van der Waals surface area contributed by atoms with Gasteiger partial charge >= 0.3 is 6.03 Å². The van der Waals surface area contributed by atoms with Crippen molar-refractivity contribution >= 4 is 38.8 Å². The van der Waals surface area contributed by atoms with E-state index in [9.17, 15) is 4.79 Å². The molecule has 1 N–H and O–H groups in total. The standard InChI is InChI=1S/C21H20N2O2S2/c24-21(22-10-9-16-15-27-20-8-2-1-7-19(16)20)23(13-17-5-3-11-25-17)14-18-6-4-12-26-18/h1-8,11-12,15H,9-10,13-14H2,(H,22,24). The van der Waals surface area contributed by atoms with Crippen LogP contribution in [0.4, 0.5) is 4.79 Å². The van der Waals surface area contributed by atoms with E-state index in [0.717, 1.165) is 17.1 Å². The van der Waals surface area contributed by atoms with Crippen molar-refractivity contribution < 1.29 is 9.21 Å². The average molecular weight is 397 g/mol. The molecular weight excluding hydrogens is 376 g/mol. The first kappa shape index (κ1) is 17.8. The molecule has 0 aliphatic carbocycles. The van der Waals surface area contributed by atoms with Crippen LogP contribution in [-0.2, 0) is 19.5 Å². The highest BCUT2D eigenvalue weighted by Crippen LogP contribution is 2.25. The molecule has 0 spiro atoms. The van der Waals surface area contributed by atoms with Gasteiger partial charge in [-0.15, -0.1) is 22.7 Å². The van der Waals surface area contributed by atoms with Gasteiger partial charge in [0.2, 0.25) is 0 Å². The van der Waals surface area contributed by atoms with Gasteiger partial charge in [0.05, 0.1) is 19.4 Å². The summed E-state index contributed by atoms with van der Waals surface area (Å²) < 4.78 is 6.72. The predicted octanol–water partition coefficient (Wildman–Crippen LogP) is 5.51. The number of furan rings is 1. The van der Waals surface area contributed by atoms with E-state index in [0.29, 0.717) is 19.6 Å². The number of amides is 2. The molecule has 2 amide bonds. The van der Waals surface area contributed by atoms with Crippen LogP contribution in [0.3, 0.4) is 0 Å². The Kier molecular flexibility index (Phi) is 5.55. The maximum Gasteiger partial charge on any atom is 0.318 e. The van der Waals surface area contributed by atoms with E-state index in [-0.39, 0.29) is 6.03 Å². The highest BCUT2D eigenvalue weighted by atomic mass is 32.1. The van der Waals surface area contributed by atoms with Crippen molar-refractivity contribution in [3.8, 4) is 0 Å². The van der Waals surface area contributed by atoms with Gasteiger partial charge in [-0.25, -0.2) is 4.79 Å². The Balaban J connectivity index is 1.38. The molecule has 0 unspecified atom stereocenters. The van der Waals surface area contributed by atoms with Gasteiger partial charge in [0.1, 0.15) is 5.76 Å². The zero-order valence-electron chi connectivity index (χ0n) is 14.8. The number of urea groups is 1. The van der Waals surface area contributed by atoms with Crippen molar-refractivity contribution in [2.45, 2.75) is 19.5 Å². The highest BCUT2D eigenvalue weighted by Gasteiger charge is 2.16. The number of nitrogens with zero attached hydrogens (tertiary/aromatic N) is 1. The van der Waals surface area contributed by atoms with Crippen molar-refractivity contribution in [3.05, 3.63) is 81.8 Å². The monoisotopic (exact) mass is 396 g/mol. The third kappa shape index (κ3) is 4.40. The Morgan fingerprint density at radius 2 is 1.96 bits per heavy atom. The van der Waals surface area contributed by atoms with Gasteiger partial charge in [-0.3, -0.25) is 0 Å². The summed E-state index contributed by atoms with van der Waals surface area (Å²) in [5.74, 6) is 0.783. The second-order valence-electron chi connectivity index (χ2n) is 6.25. The lowest BCUT2D eigenvalue weighted by molar-refractivity contribution is 0.188. The van der Waals surface area contributed by atoms with E-state index >= 15 is 0 Å². The van der Waals surface area contributed by atoms with Crippen molar-refractivity contribution in [2.24, 2.45) is 0 Å². The summed E-state index contributed by atoms with van der Waals surface area (Å²) in [5, 5.41) is 8.56. The number of nitrogens with one attached hydrogen (secondary N) is 1. The topological polar surface area (TPSA) is 45.5 Å². The van der Waals surface area contributed by atoms with E-state index < -0.39 is 0 Å². The highest BCUT2D eigenvalue weighted by molar-refractivity contribution is 7.17. The molecule has 0 saturated carbocycles. The van der Waals surface area contributed by atoms with Crippen molar-refractivity contribution in [1.29, 1.82) is 0 Å². The first-order valence-corrected chi connectivity index (χ1v) is 10.6. The molecule has 3 heterocycles. The lowest BCUT2D eigenvalue weighted by atomic mass is 10.1. The maximum atomic E-state index is 12.8. The van der Waals surface area contributed by atoms with Crippen LogP contribution in [0.25, 0.3) is 10.1 Å². The minimum absolute atomic E-state index is 0.0701. The summed E-state index contributed by atoms with van der Waals surface area (Å²) in [5.41, 5.74) is 1.28. The van der Waals surface area contributed by atoms with Gasteiger partial charge in [-0.1, -0.05) is 24.3 Å². The van der Waals surface area contributed by atoms with Crippen LogP contribution >= 0.6 is 22.7 Å². The number of thiophene rings is 2. The molecule has 4 nitrogen and oxygen atoms in total. The molecule has 3 aromatic heterocycles. The van der Waals surface area contributed by atoms with Crippen molar-refractivity contribution in [1.82, 2.24) is 10.2 Å². The number of carbonyl (C=O) groups excluding carboxylic acids is 1. The van der Waals surface area contributed by atoms with Crippen molar-refractivity contribution in [2.75, 3.05) is 6.54 Å². The second kappa shape index (κ2) is 8.41. The van der Waals surface area contributed by atoms with Gasteiger partial charge in [0, 0.05) is 16.1 Å². The van der Waals surface area contributed by atoms with E-state index in [1.54, 1.807) is 33.8 Å². The largest absolute Gasteiger partial charge is 0.467 e. The molecule has 6 heteroatoms. The molecule has 1 aromatic carbocycles. The fourth-order valence-electron chi connectivity index (χ4n) is 3.02. The SMILES string of the molecule is O=C(NCCc1csc2ccccc12)N(Cc1ccco1)Cc1cccs1. The molecule has 0 saturated heterocycles. The molecule has 0 fully saturated rings. The quantitative estimate of drug-likeness (QED) is 0.448. The van der Waals surface area contributed by atoms with Gasteiger partial charge < -0.3 is 14.6 Å². The number of fused-ring (bicyclic) bond motifs is 1. The van der Waals surface area contributed by atoms with Crippen LogP contribution in [0.5, 0.6) is 0 Å². The Bertz CT molecular complexity index is 954. The zero-order chi connectivity index (χ0) is 18.5. The van der Waals surface area contributed by atoms with E-state index in [1.807, 2.05) is 29.6 Å². The third-order valence-corrected chi connectivity index (χ3v) is 6.25. The van der Waals surface area contributed by atoms with Crippen LogP contribution in [0.1, 0.15) is 16.2 Å². The molecule has 27 heavy (non-hydrogen) atoms. The lowest BCUT2D eigenvalue weighted by Crippen LogP contribution is -2.39. The number of carbonyl (C=O) groups is 1. The average Bonchev–Trinajstić information content (AvgIpc) is 3.44. The van der Waals surface area contributed by atoms with E-state index in [4.69, 9.17) is 4.42 Å². The first-order chi connectivity index (χ1) is 13.3. The summed E-state index contributed by atoms with van der Waals surface area (Å²) >= 11 is 3.40. The van der Waals surface area contributed by atoms with E-state index in [2.05, 4.69) is 35.0 Å². The Hall–Kier alpha value is -2.57. The summed E-state index contributed by atoms with van der Waals surface area (Å²) in [6.45, 7) is 1.64. The lowest BCUT2D eigenvalue weighted by Gasteiger charge is -2.21. The van der Waals surface area contributed by atoms with E-state index in [1.165, 1.54) is 15.6 Å². The second-order valence-corrected chi connectivity index (χ2v) is 8.20. The van der Waals surface area contributed by atoms with Crippen LogP contribution in [-0.4, -0.2) is 17.5 Å². The fraction of sp³-hybridized carbons (Fsp3) is 0.190. The third-order valence-electron chi connectivity index (χ3n) is 4.37. The Labute approximate surface area is 166 Å². The number of rotatable bonds is 7. The number of hydrogen-bond acceptors (Lipinski definition) is 4. The van der Waals surface area contributed by atoms with Gasteiger partial charge in [-0.2, -0.15) is 0 Å². The normalized spacial score (nSPS) is 11.0. The molecule has 0 bridgehead atoms. The molecule has 0 aliphatic rings. The summed E-state index contributed by atoms with van der Waals surface area (Å²) in [6, 6.07) is 16.1. The Morgan fingerprint density at radius 3 is 2.78 bits per heavy atom. The minimum atomic E-state index is -0.0701. The minimum Gasteiger partial charge on any atom is -0.467 e. The molecule has 4 aromatic rings. The van der Waals surface area contributed by atoms with Gasteiger partial charge in [0.15, 0.2) is 0 Å². The summed E-state index contributed by atoms with van der Waals surface area (Å²) in [4.78, 5) is 15.7. The molecule has 0 aliphatic heterocycles. The number of hydrogen-bond donors (Lipinski definition) is 1. The number of benzene rings is 1. The predicted molar refractivity (Wildman–Crippen MR) is 111 cm³/mol. The van der Waals surface area contributed by atoms with Crippen molar-refractivity contribution in [3.63, 3.8) is 0 Å². The molecule has 0 atom stereocenters. The maximum absolute atomic E-state index is 12.8. The summed E-state index contributed by atoms with van der Waals surface area (Å²) in [7, 11) is 0. The Morgan fingerprint density at radius 1 is 1.04 bits per heavy atom. The van der Waals surface area contributed by atoms with Crippen LogP contribution in [0, 0.1) is 0 Å². The van der Waals surface area contributed by atoms with Gasteiger partial charge in [0.25, 0.3) is 0 Å². The smallest absolute Gasteiger partial charge is 0.318 e. The molecular formula is C21H20N2O2S2. The fourth-order valence-corrected chi connectivity index (χ4v) is 4.74. The van der Waals surface area contributed by atoms with Gasteiger partial charge in [-0.05, 0) is 52.4 Å². The molecule has 138 valence electrons.